The molecule has 2 rings (SSSR count). The number of hydrogen-bond acceptors (Lipinski definition) is 5. The number of ether oxygens (including phenoxy) is 1. The third-order valence-corrected chi connectivity index (χ3v) is 3.44. The first-order valence-electron chi connectivity index (χ1n) is 7.86. The van der Waals surface area contributed by atoms with E-state index in [0.717, 1.165) is 16.7 Å². The van der Waals surface area contributed by atoms with Gasteiger partial charge in [0, 0.05) is 11.1 Å². The molecule has 128 valence electrons. The number of rotatable bonds is 3. The summed E-state index contributed by atoms with van der Waals surface area (Å²) < 4.78 is 5.31. The lowest BCUT2D eigenvalue weighted by atomic mass is 9.98. The molecule has 0 saturated carbocycles. The zero-order valence-corrected chi connectivity index (χ0v) is 14.8. The standard InChI is InChI=1S/C18H24N4O2/c1-11-8-6-7-9-13(11)16-14(10-15(19)21-22-16)12(2)20-17(23)24-18(3,4)5/h6-10,12H,1-5H3,(H2,19,21)(H,20,23)/t12-/m0/s1. The van der Waals surface area contributed by atoms with Crippen LogP contribution >= 0.6 is 0 Å². The lowest BCUT2D eigenvalue weighted by molar-refractivity contribution is 0.0508. The minimum atomic E-state index is -0.557. The molecule has 0 aliphatic carbocycles. The van der Waals surface area contributed by atoms with Crippen molar-refractivity contribution in [2.24, 2.45) is 0 Å². The van der Waals surface area contributed by atoms with Crippen molar-refractivity contribution < 1.29 is 9.53 Å². The minimum Gasteiger partial charge on any atom is -0.444 e. The number of nitrogens with zero attached hydrogens (tertiary/aromatic N) is 2. The van der Waals surface area contributed by atoms with Gasteiger partial charge in [0.25, 0.3) is 0 Å². The van der Waals surface area contributed by atoms with Crippen molar-refractivity contribution in [3.63, 3.8) is 0 Å². The van der Waals surface area contributed by atoms with Crippen molar-refractivity contribution in [2.45, 2.75) is 46.3 Å². The number of nitrogen functional groups attached to an aromatic ring is 1. The number of carbonyl (C=O) groups excluding carboxylic acids is 1. The Kier molecular flexibility index (Phi) is 5.07. The van der Waals surface area contributed by atoms with Gasteiger partial charge in [-0.2, -0.15) is 0 Å². The maximum Gasteiger partial charge on any atom is 0.408 e. The molecule has 0 bridgehead atoms. The number of anilines is 1. The molecule has 1 amide bonds. The van der Waals surface area contributed by atoms with E-state index < -0.39 is 11.7 Å². The Morgan fingerprint density at radius 1 is 1.25 bits per heavy atom. The zero-order chi connectivity index (χ0) is 17.9. The van der Waals surface area contributed by atoms with Gasteiger partial charge in [-0.3, -0.25) is 0 Å². The smallest absolute Gasteiger partial charge is 0.408 e. The second-order valence-corrected chi connectivity index (χ2v) is 6.76. The molecule has 2 aromatic rings. The molecule has 24 heavy (non-hydrogen) atoms. The third-order valence-electron chi connectivity index (χ3n) is 3.44. The number of aryl methyl sites for hydroxylation is 1. The molecule has 1 aromatic heterocycles. The topological polar surface area (TPSA) is 90.1 Å². The summed E-state index contributed by atoms with van der Waals surface area (Å²) in [4.78, 5) is 12.0. The van der Waals surface area contributed by atoms with Crippen molar-refractivity contribution >= 4 is 11.9 Å². The SMILES string of the molecule is Cc1ccccc1-c1nnc(N)cc1[C@H](C)NC(=O)OC(C)(C)C. The monoisotopic (exact) mass is 328 g/mol. The fraction of sp³-hybridized carbons (Fsp3) is 0.389. The van der Waals surface area contributed by atoms with Gasteiger partial charge >= 0.3 is 6.09 Å². The first kappa shape index (κ1) is 17.7. The van der Waals surface area contributed by atoms with Crippen molar-refractivity contribution in [3.05, 3.63) is 41.5 Å². The Balaban J connectivity index is 2.34. The van der Waals surface area contributed by atoms with Crippen LogP contribution < -0.4 is 11.1 Å². The van der Waals surface area contributed by atoms with Crippen LogP contribution in [0, 0.1) is 6.92 Å². The molecule has 1 aromatic carbocycles. The number of hydrogen-bond donors (Lipinski definition) is 2. The van der Waals surface area contributed by atoms with E-state index in [1.54, 1.807) is 6.07 Å². The molecule has 1 atom stereocenters. The van der Waals surface area contributed by atoms with E-state index in [9.17, 15) is 4.79 Å². The molecule has 3 N–H and O–H groups in total. The number of aromatic nitrogens is 2. The molecule has 0 saturated heterocycles. The Bertz CT molecular complexity index is 738. The summed E-state index contributed by atoms with van der Waals surface area (Å²) in [5.74, 6) is 0.306. The molecular formula is C18H24N4O2. The summed E-state index contributed by atoms with van der Waals surface area (Å²) >= 11 is 0. The highest BCUT2D eigenvalue weighted by Crippen LogP contribution is 2.29. The van der Waals surface area contributed by atoms with Gasteiger partial charge in [-0.1, -0.05) is 24.3 Å². The maximum atomic E-state index is 12.0. The largest absolute Gasteiger partial charge is 0.444 e. The highest BCUT2D eigenvalue weighted by molar-refractivity contribution is 5.71. The summed E-state index contributed by atoms with van der Waals surface area (Å²) in [6.45, 7) is 9.33. The number of alkyl carbamates (subject to hydrolysis) is 1. The van der Waals surface area contributed by atoms with Crippen LogP contribution in [0.25, 0.3) is 11.3 Å². The predicted octanol–water partition coefficient (Wildman–Crippen LogP) is 3.62. The number of benzene rings is 1. The Hall–Kier alpha value is -2.63. The number of nitrogens with one attached hydrogen (secondary N) is 1. The van der Waals surface area contributed by atoms with Crippen molar-refractivity contribution in [1.82, 2.24) is 15.5 Å². The summed E-state index contributed by atoms with van der Waals surface area (Å²) in [7, 11) is 0. The van der Waals surface area contributed by atoms with Crippen LogP contribution in [-0.2, 0) is 4.74 Å². The summed E-state index contributed by atoms with van der Waals surface area (Å²) in [6, 6.07) is 9.29. The van der Waals surface area contributed by atoms with Crippen LogP contribution in [0.4, 0.5) is 10.6 Å². The van der Waals surface area contributed by atoms with Crippen molar-refractivity contribution in [2.75, 3.05) is 5.73 Å². The Morgan fingerprint density at radius 3 is 2.54 bits per heavy atom. The molecule has 1 heterocycles. The third kappa shape index (κ3) is 4.44. The summed E-state index contributed by atoms with van der Waals surface area (Å²) in [5, 5.41) is 11.0. The molecule has 0 aliphatic heterocycles. The van der Waals surface area contributed by atoms with E-state index in [0.29, 0.717) is 11.5 Å². The lowest BCUT2D eigenvalue weighted by Gasteiger charge is -2.23. The summed E-state index contributed by atoms with van der Waals surface area (Å²) in [5.41, 5.74) is 8.76. The van der Waals surface area contributed by atoms with E-state index in [2.05, 4.69) is 15.5 Å². The van der Waals surface area contributed by atoms with Gasteiger partial charge in [-0.15, -0.1) is 10.2 Å². The van der Waals surface area contributed by atoms with E-state index in [1.165, 1.54) is 0 Å². The summed E-state index contributed by atoms with van der Waals surface area (Å²) in [6.07, 6.45) is -0.485. The van der Waals surface area contributed by atoms with Crippen LogP contribution in [0.5, 0.6) is 0 Å². The normalized spacial score (nSPS) is 12.5. The van der Waals surface area contributed by atoms with Crippen LogP contribution in [0.1, 0.15) is 44.9 Å². The molecule has 0 radical (unpaired) electrons. The van der Waals surface area contributed by atoms with Gasteiger partial charge in [0.15, 0.2) is 0 Å². The zero-order valence-electron chi connectivity index (χ0n) is 14.8. The molecule has 6 nitrogen and oxygen atoms in total. The van der Waals surface area contributed by atoms with Crippen LogP contribution in [0.3, 0.4) is 0 Å². The number of amides is 1. The maximum absolute atomic E-state index is 12.0. The van der Waals surface area contributed by atoms with E-state index in [-0.39, 0.29) is 6.04 Å². The average Bonchev–Trinajstić information content (AvgIpc) is 2.46. The van der Waals surface area contributed by atoms with Gasteiger partial charge in [-0.05, 0) is 46.2 Å². The molecule has 0 spiro atoms. The first-order valence-corrected chi connectivity index (χ1v) is 7.86. The average molecular weight is 328 g/mol. The fourth-order valence-electron chi connectivity index (χ4n) is 2.36. The van der Waals surface area contributed by atoms with Gasteiger partial charge in [0.05, 0.1) is 11.7 Å². The van der Waals surface area contributed by atoms with Crippen LogP contribution in [0.15, 0.2) is 30.3 Å². The van der Waals surface area contributed by atoms with Crippen LogP contribution in [0.2, 0.25) is 0 Å². The molecular weight excluding hydrogens is 304 g/mol. The minimum absolute atomic E-state index is 0.306. The van der Waals surface area contributed by atoms with Crippen molar-refractivity contribution in [1.29, 1.82) is 0 Å². The fourth-order valence-corrected chi connectivity index (χ4v) is 2.36. The highest BCUT2D eigenvalue weighted by atomic mass is 16.6. The second kappa shape index (κ2) is 6.86. The lowest BCUT2D eigenvalue weighted by Crippen LogP contribution is -2.34. The van der Waals surface area contributed by atoms with Crippen molar-refractivity contribution in [3.8, 4) is 11.3 Å². The number of carbonyl (C=O) groups is 1. The predicted molar refractivity (Wildman–Crippen MR) is 94.4 cm³/mol. The van der Waals surface area contributed by atoms with E-state index in [1.807, 2.05) is 58.9 Å². The molecule has 0 aliphatic rings. The Labute approximate surface area is 142 Å². The second-order valence-electron chi connectivity index (χ2n) is 6.76. The number of nitrogens with two attached hydrogens (primary N) is 1. The van der Waals surface area contributed by atoms with Gasteiger partial charge in [0.1, 0.15) is 11.4 Å². The van der Waals surface area contributed by atoms with E-state index >= 15 is 0 Å². The Morgan fingerprint density at radius 2 is 1.92 bits per heavy atom. The van der Waals surface area contributed by atoms with E-state index in [4.69, 9.17) is 10.5 Å². The molecule has 6 heteroatoms. The van der Waals surface area contributed by atoms with Crippen LogP contribution in [-0.4, -0.2) is 21.9 Å². The molecule has 0 fully saturated rings. The molecule has 0 unspecified atom stereocenters. The van der Waals surface area contributed by atoms with Gasteiger partial charge in [0.2, 0.25) is 0 Å². The first-order chi connectivity index (χ1) is 11.2. The van der Waals surface area contributed by atoms with Gasteiger partial charge in [-0.25, -0.2) is 4.79 Å². The van der Waals surface area contributed by atoms with Gasteiger partial charge < -0.3 is 15.8 Å². The quantitative estimate of drug-likeness (QED) is 0.898. The highest BCUT2D eigenvalue weighted by Gasteiger charge is 2.21.